The number of H-pyrrole nitrogens is 1. The molecule has 1 aromatic rings. The Hall–Kier alpha value is -1.13. The minimum Gasteiger partial charge on any atom is -0.280 e. The first-order chi connectivity index (χ1) is 7.91. The van der Waals surface area contributed by atoms with Crippen LogP contribution in [0.2, 0.25) is 0 Å². The van der Waals surface area contributed by atoms with Gasteiger partial charge in [0.1, 0.15) is 5.25 Å². The number of aromatic amines is 1. The van der Waals surface area contributed by atoms with Crippen molar-refractivity contribution in [1.82, 2.24) is 15.2 Å². The van der Waals surface area contributed by atoms with Gasteiger partial charge in [0, 0.05) is 13.0 Å². The van der Waals surface area contributed by atoms with Crippen LogP contribution in [0.3, 0.4) is 0 Å². The second-order valence-corrected chi connectivity index (χ2v) is 6.18. The lowest BCUT2D eigenvalue weighted by Crippen LogP contribution is -2.32. The van der Waals surface area contributed by atoms with Crippen LogP contribution in [-0.2, 0) is 14.8 Å². The molecule has 1 saturated heterocycles. The van der Waals surface area contributed by atoms with Gasteiger partial charge in [-0.05, 0) is 6.26 Å². The molecule has 0 bridgehead atoms. The van der Waals surface area contributed by atoms with Crippen molar-refractivity contribution in [3.63, 3.8) is 0 Å². The highest BCUT2D eigenvalue weighted by molar-refractivity contribution is 7.98. The van der Waals surface area contributed by atoms with Gasteiger partial charge in [0.2, 0.25) is 27.0 Å². The number of carbonyl (C=O) groups is 1. The highest BCUT2D eigenvalue weighted by Gasteiger charge is 2.38. The summed E-state index contributed by atoms with van der Waals surface area (Å²) in [7, 11) is -3.70. The third-order valence-electron chi connectivity index (χ3n) is 2.45. The maximum Gasteiger partial charge on any atom is 0.230 e. The lowest BCUT2D eigenvalue weighted by molar-refractivity contribution is -0.117. The fourth-order valence-corrected chi connectivity index (χ4v) is 2.60. The summed E-state index contributed by atoms with van der Waals surface area (Å²) in [6.07, 6.45) is 1.68. The summed E-state index contributed by atoms with van der Waals surface area (Å²) in [5.41, 5.74) is 0. The van der Waals surface area contributed by atoms with E-state index in [4.69, 9.17) is 5.14 Å². The summed E-state index contributed by atoms with van der Waals surface area (Å²) in [6.45, 7) is 0.0146. The lowest BCUT2D eigenvalue weighted by atomic mass is 10.4. The van der Waals surface area contributed by atoms with Crippen molar-refractivity contribution in [3.8, 4) is 0 Å². The van der Waals surface area contributed by atoms with Crippen molar-refractivity contribution in [1.29, 1.82) is 0 Å². The van der Waals surface area contributed by atoms with Crippen LogP contribution in [0.25, 0.3) is 0 Å². The monoisotopic (exact) mass is 277 g/mol. The van der Waals surface area contributed by atoms with Gasteiger partial charge < -0.3 is 0 Å². The van der Waals surface area contributed by atoms with Crippen LogP contribution in [0, 0.1) is 0 Å². The zero-order chi connectivity index (χ0) is 12.6. The fraction of sp³-hybridized carbons (Fsp3) is 0.571. The quantitative estimate of drug-likeness (QED) is 0.678. The number of sulfonamides is 1. The van der Waals surface area contributed by atoms with E-state index in [1.165, 1.54) is 16.7 Å². The Kier molecular flexibility index (Phi) is 3.10. The van der Waals surface area contributed by atoms with Crippen LogP contribution >= 0.6 is 11.8 Å². The summed E-state index contributed by atoms with van der Waals surface area (Å²) < 4.78 is 22.3. The molecule has 0 saturated carbocycles. The molecule has 1 aliphatic heterocycles. The van der Waals surface area contributed by atoms with E-state index in [2.05, 4.69) is 15.2 Å². The molecule has 1 fully saturated rings. The molecule has 94 valence electrons. The summed E-state index contributed by atoms with van der Waals surface area (Å²) in [6, 6.07) is 0. The van der Waals surface area contributed by atoms with Crippen LogP contribution in [-0.4, -0.2) is 47.6 Å². The molecule has 3 N–H and O–H groups in total. The SMILES string of the molecule is CSc1n[nH]c(N2CC(S(N)(=O)=O)CC2=O)n1. The fourth-order valence-electron chi connectivity index (χ4n) is 1.55. The molecule has 8 nitrogen and oxygen atoms in total. The topological polar surface area (TPSA) is 122 Å². The van der Waals surface area contributed by atoms with E-state index >= 15 is 0 Å². The molecule has 0 aromatic carbocycles. The van der Waals surface area contributed by atoms with Crippen LogP contribution in [0.1, 0.15) is 6.42 Å². The molecular weight excluding hydrogens is 266 g/mol. The standard InChI is InChI=1S/C7H11N5O3S2/c1-16-7-9-6(10-11-7)12-3-4(2-5(12)13)17(8,14)15/h4H,2-3H2,1H3,(H2,8,14,15)(H,9,10,11). The molecule has 1 unspecified atom stereocenters. The second kappa shape index (κ2) is 4.27. The van der Waals surface area contributed by atoms with Crippen molar-refractivity contribution < 1.29 is 13.2 Å². The number of carbonyl (C=O) groups excluding carboxylic acids is 1. The van der Waals surface area contributed by atoms with Gasteiger partial charge in [0.15, 0.2) is 0 Å². The number of nitrogens with one attached hydrogen (secondary N) is 1. The number of rotatable bonds is 3. The molecule has 10 heteroatoms. The number of hydrogen-bond acceptors (Lipinski definition) is 6. The number of amides is 1. The van der Waals surface area contributed by atoms with Gasteiger partial charge in [-0.15, -0.1) is 5.10 Å². The Morgan fingerprint density at radius 3 is 2.76 bits per heavy atom. The van der Waals surface area contributed by atoms with Gasteiger partial charge in [-0.2, -0.15) is 4.98 Å². The van der Waals surface area contributed by atoms with Crippen LogP contribution < -0.4 is 10.0 Å². The maximum atomic E-state index is 11.6. The Labute approximate surface area is 102 Å². The van der Waals surface area contributed by atoms with Crippen molar-refractivity contribution in [2.75, 3.05) is 17.7 Å². The van der Waals surface area contributed by atoms with Gasteiger partial charge in [-0.1, -0.05) is 11.8 Å². The van der Waals surface area contributed by atoms with Gasteiger partial charge in [0.05, 0.1) is 0 Å². The molecule has 17 heavy (non-hydrogen) atoms. The molecule has 2 heterocycles. The Morgan fingerprint density at radius 2 is 2.29 bits per heavy atom. The zero-order valence-corrected chi connectivity index (χ0v) is 10.6. The average Bonchev–Trinajstić information content (AvgIpc) is 2.82. The Balaban J connectivity index is 2.21. The molecule has 0 radical (unpaired) electrons. The molecular formula is C7H11N5O3S2. The summed E-state index contributed by atoms with van der Waals surface area (Å²) >= 11 is 1.32. The van der Waals surface area contributed by atoms with E-state index in [9.17, 15) is 13.2 Å². The average molecular weight is 277 g/mol. The normalized spacial score (nSPS) is 21.2. The Bertz CT molecular complexity index is 539. The summed E-state index contributed by atoms with van der Waals surface area (Å²) in [5.74, 6) is -0.0710. The first-order valence-corrected chi connectivity index (χ1v) is 7.53. The molecule has 1 aliphatic rings. The Morgan fingerprint density at radius 1 is 1.59 bits per heavy atom. The summed E-state index contributed by atoms with van der Waals surface area (Å²) in [4.78, 5) is 16.9. The van der Waals surface area contributed by atoms with Gasteiger partial charge in [-0.25, -0.2) is 18.7 Å². The molecule has 1 amide bonds. The number of nitrogens with zero attached hydrogens (tertiary/aromatic N) is 3. The van der Waals surface area contributed by atoms with Crippen molar-refractivity contribution in [3.05, 3.63) is 0 Å². The summed E-state index contributed by atoms with van der Waals surface area (Å²) in [5, 5.41) is 11.1. The first kappa shape index (κ1) is 12.3. The number of primary sulfonamides is 1. The minimum absolute atomic E-state index is 0.0146. The van der Waals surface area contributed by atoms with E-state index in [1.54, 1.807) is 6.26 Å². The maximum absolute atomic E-state index is 11.6. The second-order valence-electron chi connectivity index (χ2n) is 3.57. The van der Waals surface area contributed by atoms with Crippen molar-refractivity contribution in [2.45, 2.75) is 16.8 Å². The van der Waals surface area contributed by atoms with E-state index in [-0.39, 0.29) is 24.8 Å². The third kappa shape index (κ3) is 2.42. The van der Waals surface area contributed by atoms with E-state index in [1.807, 2.05) is 0 Å². The highest BCUT2D eigenvalue weighted by atomic mass is 32.2. The molecule has 0 spiro atoms. The van der Waals surface area contributed by atoms with E-state index in [0.29, 0.717) is 5.16 Å². The molecule has 1 atom stereocenters. The first-order valence-electron chi connectivity index (χ1n) is 4.70. The van der Waals surface area contributed by atoms with Crippen LogP contribution in [0.4, 0.5) is 5.95 Å². The molecule has 1 aromatic heterocycles. The van der Waals surface area contributed by atoms with E-state index < -0.39 is 15.3 Å². The van der Waals surface area contributed by atoms with Gasteiger partial charge >= 0.3 is 0 Å². The smallest absolute Gasteiger partial charge is 0.230 e. The largest absolute Gasteiger partial charge is 0.280 e. The zero-order valence-electron chi connectivity index (χ0n) is 8.95. The highest BCUT2D eigenvalue weighted by Crippen LogP contribution is 2.22. The predicted octanol–water partition coefficient (Wildman–Crippen LogP) is -1.08. The number of nitrogens with two attached hydrogens (primary N) is 1. The third-order valence-corrected chi connectivity index (χ3v) is 4.24. The van der Waals surface area contributed by atoms with E-state index in [0.717, 1.165) is 0 Å². The molecule has 2 rings (SSSR count). The molecule has 0 aliphatic carbocycles. The number of anilines is 1. The van der Waals surface area contributed by atoms with Crippen molar-refractivity contribution >= 4 is 33.6 Å². The number of hydrogen-bond donors (Lipinski definition) is 2. The number of aromatic nitrogens is 3. The van der Waals surface area contributed by atoms with Gasteiger partial charge in [0.25, 0.3) is 0 Å². The van der Waals surface area contributed by atoms with Gasteiger partial charge in [-0.3, -0.25) is 9.69 Å². The lowest BCUT2D eigenvalue weighted by Gasteiger charge is -2.11. The predicted molar refractivity (Wildman–Crippen MR) is 62.0 cm³/mol. The minimum atomic E-state index is -3.70. The number of thioether (sulfide) groups is 1. The van der Waals surface area contributed by atoms with Crippen LogP contribution in [0.5, 0.6) is 0 Å². The van der Waals surface area contributed by atoms with Crippen LogP contribution in [0.15, 0.2) is 5.16 Å². The van der Waals surface area contributed by atoms with Crippen molar-refractivity contribution in [2.24, 2.45) is 5.14 Å².